The Bertz CT molecular complexity index is 682. The molecule has 10 heteroatoms. The highest BCUT2D eigenvalue weighted by Crippen LogP contribution is 2.34. The summed E-state index contributed by atoms with van der Waals surface area (Å²) in [7, 11) is 0. The molecule has 29 heavy (non-hydrogen) atoms. The van der Waals surface area contributed by atoms with E-state index in [1.807, 2.05) is 13.0 Å². The van der Waals surface area contributed by atoms with Gasteiger partial charge in [-0.25, -0.2) is 4.79 Å². The van der Waals surface area contributed by atoms with E-state index < -0.39 is 12.1 Å². The van der Waals surface area contributed by atoms with Gasteiger partial charge in [0.15, 0.2) is 5.82 Å². The summed E-state index contributed by atoms with van der Waals surface area (Å²) in [6.07, 6.45) is 1.56. The first-order valence-electron chi connectivity index (χ1n) is 9.84. The lowest BCUT2D eigenvalue weighted by Gasteiger charge is -2.36. The third-order valence-corrected chi connectivity index (χ3v) is 5.31. The SMILES string of the molecule is Cc1ccc(N2CC[C@@H]3O[C@@H](COCC4CC4)CC[C@@H]32)nn1.O=C(O)C(F)(F)F. The quantitative estimate of drug-likeness (QED) is 0.788. The Labute approximate surface area is 167 Å². The number of carboxylic acid groups (broad SMARTS) is 1. The zero-order chi connectivity index (χ0) is 21.0. The van der Waals surface area contributed by atoms with E-state index in [2.05, 4.69) is 21.2 Å². The molecule has 0 radical (unpaired) electrons. The van der Waals surface area contributed by atoms with Crippen LogP contribution in [0.15, 0.2) is 12.1 Å². The number of fused-ring (bicyclic) bond motifs is 1. The van der Waals surface area contributed by atoms with E-state index in [4.69, 9.17) is 19.4 Å². The summed E-state index contributed by atoms with van der Waals surface area (Å²) >= 11 is 0. The van der Waals surface area contributed by atoms with Crippen LogP contribution < -0.4 is 4.90 Å². The number of alkyl halides is 3. The van der Waals surface area contributed by atoms with E-state index in [9.17, 15) is 13.2 Å². The summed E-state index contributed by atoms with van der Waals surface area (Å²) in [5, 5.41) is 15.7. The molecule has 3 aliphatic rings. The van der Waals surface area contributed by atoms with Crippen LogP contribution in [0.25, 0.3) is 0 Å². The smallest absolute Gasteiger partial charge is 0.475 e. The van der Waals surface area contributed by atoms with E-state index in [0.29, 0.717) is 12.1 Å². The first-order valence-corrected chi connectivity index (χ1v) is 9.84. The molecule has 0 spiro atoms. The number of rotatable bonds is 5. The number of ether oxygens (including phenoxy) is 2. The summed E-state index contributed by atoms with van der Waals surface area (Å²) in [6, 6.07) is 4.57. The molecule has 2 aliphatic heterocycles. The van der Waals surface area contributed by atoms with Gasteiger partial charge in [0, 0.05) is 13.2 Å². The maximum atomic E-state index is 10.6. The molecule has 0 unspecified atom stereocenters. The maximum absolute atomic E-state index is 10.6. The Morgan fingerprint density at radius 2 is 1.93 bits per heavy atom. The Morgan fingerprint density at radius 1 is 1.21 bits per heavy atom. The Balaban J connectivity index is 0.000000298. The third-order valence-electron chi connectivity index (χ3n) is 5.31. The highest BCUT2D eigenvalue weighted by Gasteiger charge is 2.40. The first-order chi connectivity index (χ1) is 13.7. The lowest BCUT2D eigenvalue weighted by atomic mass is 9.99. The van der Waals surface area contributed by atoms with Gasteiger partial charge in [0.2, 0.25) is 0 Å². The topological polar surface area (TPSA) is 84.8 Å². The molecular weight excluding hydrogens is 391 g/mol. The molecule has 0 aromatic carbocycles. The van der Waals surface area contributed by atoms with Crippen molar-refractivity contribution in [3.05, 3.63) is 17.8 Å². The Kier molecular flexibility index (Phi) is 6.94. The fourth-order valence-electron chi connectivity index (χ4n) is 3.60. The number of aryl methyl sites for hydroxylation is 1. The van der Waals surface area contributed by atoms with E-state index in [-0.39, 0.29) is 6.10 Å². The predicted molar refractivity (Wildman–Crippen MR) is 97.6 cm³/mol. The minimum atomic E-state index is -5.08. The summed E-state index contributed by atoms with van der Waals surface area (Å²) < 4.78 is 43.8. The molecule has 0 amide bonds. The van der Waals surface area contributed by atoms with E-state index in [0.717, 1.165) is 56.5 Å². The van der Waals surface area contributed by atoms with Crippen LogP contribution >= 0.6 is 0 Å². The largest absolute Gasteiger partial charge is 0.490 e. The van der Waals surface area contributed by atoms with Crippen LogP contribution in [0.2, 0.25) is 0 Å². The van der Waals surface area contributed by atoms with Gasteiger partial charge in [0.05, 0.1) is 30.6 Å². The Hall–Kier alpha value is -1.94. The van der Waals surface area contributed by atoms with E-state index in [1.54, 1.807) is 0 Å². The molecular formula is C19H26F3N3O4. The summed E-state index contributed by atoms with van der Waals surface area (Å²) in [6.45, 7) is 4.69. The number of aliphatic carboxylic acids is 1. The van der Waals surface area contributed by atoms with Gasteiger partial charge in [-0.3, -0.25) is 0 Å². The fourth-order valence-corrected chi connectivity index (χ4v) is 3.60. The molecule has 1 saturated carbocycles. The zero-order valence-electron chi connectivity index (χ0n) is 16.3. The van der Waals surface area contributed by atoms with E-state index >= 15 is 0 Å². The normalized spacial score (nSPS) is 26.5. The van der Waals surface area contributed by atoms with Crippen molar-refractivity contribution in [2.45, 2.75) is 63.5 Å². The molecule has 3 atom stereocenters. The number of hydrogen-bond donors (Lipinski definition) is 1. The van der Waals surface area contributed by atoms with Crippen LogP contribution in [0.5, 0.6) is 0 Å². The standard InChI is InChI=1S/C17H25N3O2.C2HF3O2/c1-12-2-7-17(19-18-12)20-9-8-16-15(20)6-5-14(22-16)11-21-10-13-3-4-13;3-2(4,5)1(6)7/h2,7,13-16H,3-6,8-11H2,1H3;(H,6,7)/t14-,15+,16+;/m1./s1. The second-order valence-corrected chi connectivity index (χ2v) is 7.74. The first kappa shape index (κ1) is 21.8. The number of nitrogens with zero attached hydrogens (tertiary/aromatic N) is 3. The lowest BCUT2D eigenvalue weighted by molar-refractivity contribution is -0.192. The number of halogens is 3. The fraction of sp³-hybridized carbons (Fsp3) is 0.737. The van der Waals surface area contributed by atoms with Crippen LogP contribution in [0.4, 0.5) is 19.0 Å². The molecule has 7 nitrogen and oxygen atoms in total. The van der Waals surface area contributed by atoms with Gasteiger partial charge < -0.3 is 19.5 Å². The molecule has 3 heterocycles. The molecule has 1 aromatic rings. The van der Waals surface area contributed by atoms with Gasteiger partial charge in [-0.2, -0.15) is 18.3 Å². The van der Waals surface area contributed by atoms with Crippen LogP contribution in [0.1, 0.15) is 37.8 Å². The summed E-state index contributed by atoms with van der Waals surface area (Å²) in [5.74, 6) is -0.934. The van der Waals surface area contributed by atoms with Crippen LogP contribution in [-0.2, 0) is 14.3 Å². The van der Waals surface area contributed by atoms with Gasteiger partial charge in [0.1, 0.15) is 0 Å². The van der Waals surface area contributed by atoms with Crippen molar-refractivity contribution >= 4 is 11.8 Å². The second-order valence-electron chi connectivity index (χ2n) is 7.74. The minimum Gasteiger partial charge on any atom is -0.475 e. The van der Waals surface area contributed by atoms with Crippen molar-refractivity contribution in [3.8, 4) is 0 Å². The average molecular weight is 417 g/mol. The summed E-state index contributed by atoms with van der Waals surface area (Å²) in [4.78, 5) is 11.3. The molecule has 162 valence electrons. The van der Waals surface area contributed by atoms with Gasteiger partial charge in [-0.1, -0.05) is 0 Å². The van der Waals surface area contributed by atoms with Gasteiger partial charge in [-0.05, 0) is 57.1 Å². The molecule has 3 fully saturated rings. The predicted octanol–water partition coefficient (Wildman–Crippen LogP) is 2.97. The van der Waals surface area contributed by atoms with Crippen molar-refractivity contribution in [2.75, 3.05) is 24.7 Å². The lowest BCUT2D eigenvalue weighted by Crippen LogP contribution is -2.44. The van der Waals surface area contributed by atoms with Crippen LogP contribution in [0.3, 0.4) is 0 Å². The number of aromatic nitrogens is 2. The molecule has 1 aromatic heterocycles. The van der Waals surface area contributed by atoms with Gasteiger partial charge >= 0.3 is 12.1 Å². The van der Waals surface area contributed by atoms with Gasteiger partial charge in [0.25, 0.3) is 0 Å². The van der Waals surface area contributed by atoms with Crippen molar-refractivity contribution < 1.29 is 32.5 Å². The molecule has 4 rings (SSSR count). The monoisotopic (exact) mass is 417 g/mol. The number of carboxylic acids is 1. The Morgan fingerprint density at radius 3 is 2.52 bits per heavy atom. The molecule has 1 aliphatic carbocycles. The van der Waals surface area contributed by atoms with Crippen molar-refractivity contribution in [2.24, 2.45) is 5.92 Å². The number of carbonyl (C=O) groups is 1. The number of anilines is 1. The second kappa shape index (κ2) is 9.25. The van der Waals surface area contributed by atoms with Crippen LogP contribution in [-0.4, -0.2) is 65.5 Å². The summed E-state index contributed by atoms with van der Waals surface area (Å²) in [5.41, 5.74) is 0.965. The molecule has 1 N–H and O–H groups in total. The highest BCUT2D eigenvalue weighted by molar-refractivity contribution is 5.73. The average Bonchev–Trinajstić information content (AvgIpc) is 3.39. The number of hydrogen-bond acceptors (Lipinski definition) is 6. The maximum Gasteiger partial charge on any atom is 0.490 e. The van der Waals surface area contributed by atoms with E-state index in [1.165, 1.54) is 12.8 Å². The third kappa shape index (κ3) is 6.27. The van der Waals surface area contributed by atoms with Crippen molar-refractivity contribution in [1.29, 1.82) is 0 Å². The highest BCUT2D eigenvalue weighted by atomic mass is 19.4. The van der Waals surface area contributed by atoms with Gasteiger partial charge in [-0.15, -0.1) is 5.10 Å². The minimum absolute atomic E-state index is 0.282. The molecule has 0 bridgehead atoms. The zero-order valence-corrected chi connectivity index (χ0v) is 16.3. The molecule has 2 saturated heterocycles. The van der Waals surface area contributed by atoms with Crippen molar-refractivity contribution in [3.63, 3.8) is 0 Å². The van der Waals surface area contributed by atoms with Crippen LogP contribution in [0, 0.1) is 12.8 Å². The van der Waals surface area contributed by atoms with Crippen molar-refractivity contribution in [1.82, 2.24) is 10.2 Å².